The summed E-state index contributed by atoms with van der Waals surface area (Å²) in [4.78, 5) is 4.63. The van der Waals surface area contributed by atoms with Gasteiger partial charge in [0.15, 0.2) is 0 Å². The molecule has 17 heavy (non-hydrogen) atoms. The quantitative estimate of drug-likeness (QED) is 0.861. The van der Waals surface area contributed by atoms with Gasteiger partial charge in [0, 0.05) is 18.3 Å². The van der Waals surface area contributed by atoms with Gasteiger partial charge in [-0.15, -0.1) is 0 Å². The lowest BCUT2D eigenvalue weighted by molar-refractivity contribution is 0.506. The Kier molecular flexibility index (Phi) is 3.75. The normalized spacial score (nSPS) is 18.9. The molecule has 0 saturated heterocycles. The number of anilines is 1. The second kappa shape index (κ2) is 5.11. The molecule has 3 nitrogen and oxygen atoms in total. The van der Waals surface area contributed by atoms with E-state index in [-0.39, 0.29) is 0 Å². The lowest BCUT2D eigenvalue weighted by Gasteiger charge is -2.21. The number of nitrogens with zero attached hydrogens (tertiary/aromatic N) is 2. The number of nitrogens with one attached hydrogen (secondary N) is 1. The van der Waals surface area contributed by atoms with Crippen LogP contribution in [0.15, 0.2) is 6.20 Å². The van der Waals surface area contributed by atoms with Crippen LogP contribution >= 0.6 is 0 Å². The molecule has 1 aromatic heterocycles. The van der Waals surface area contributed by atoms with Crippen LogP contribution in [0.2, 0.25) is 0 Å². The summed E-state index contributed by atoms with van der Waals surface area (Å²) in [6.45, 7) is 8.80. The van der Waals surface area contributed by atoms with Gasteiger partial charge in [-0.1, -0.05) is 26.7 Å². The summed E-state index contributed by atoms with van der Waals surface area (Å²) in [5.41, 5.74) is 1.12. The first kappa shape index (κ1) is 12.5. The van der Waals surface area contributed by atoms with Gasteiger partial charge in [-0.3, -0.25) is 0 Å². The largest absolute Gasteiger partial charge is 0.353 e. The highest BCUT2D eigenvalue weighted by molar-refractivity contribution is 5.31. The molecule has 1 fully saturated rings. The van der Waals surface area contributed by atoms with E-state index in [9.17, 15) is 0 Å². The smallest absolute Gasteiger partial charge is 0.203 e. The fraction of sp³-hybridized carbons (Fsp3) is 0.786. The van der Waals surface area contributed by atoms with Crippen LogP contribution in [0.25, 0.3) is 0 Å². The van der Waals surface area contributed by atoms with Crippen LogP contribution in [0.3, 0.4) is 0 Å². The molecule has 1 N–H and O–H groups in total. The molecule has 1 unspecified atom stereocenters. The highest BCUT2D eigenvalue weighted by atomic mass is 15.2. The highest BCUT2D eigenvalue weighted by Crippen LogP contribution is 2.32. The van der Waals surface area contributed by atoms with Crippen LogP contribution < -0.4 is 5.32 Å². The molecule has 0 aromatic carbocycles. The number of hydrogen-bond acceptors (Lipinski definition) is 2. The molecule has 1 aliphatic carbocycles. The van der Waals surface area contributed by atoms with E-state index in [0.29, 0.717) is 18.0 Å². The van der Waals surface area contributed by atoms with Crippen LogP contribution in [-0.2, 0) is 0 Å². The molecule has 3 heteroatoms. The van der Waals surface area contributed by atoms with Crippen molar-refractivity contribution in [2.75, 3.05) is 5.32 Å². The van der Waals surface area contributed by atoms with E-state index < -0.39 is 0 Å². The van der Waals surface area contributed by atoms with Gasteiger partial charge in [0.05, 0.1) is 5.69 Å². The average Bonchev–Trinajstić information content (AvgIpc) is 2.86. The summed E-state index contributed by atoms with van der Waals surface area (Å²) >= 11 is 0. The first-order valence-corrected chi connectivity index (χ1v) is 6.90. The Balaban J connectivity index is 2.15. The zero-order valence-corrected chi connectivity index (χ0v) is 11.5. The van der Waals surface area contributed by atoms with Gasteiger partial charge in [-0.05, 0) is 32.6 Å². The van der Waals surface area contributed by atoms with Gasteiger partial charge < -0.3 is 9.88 Å². The van der Waals surface area contributed by atoms with E-state index in [1.54, 1.807) is 0 Å². The fourth-order valence-corrected chi connectivity index (χ4v) is 2.45. The lowest BCUT2D eigenvalue weighted by atomic mass is 10.1. The van der Waals surface area contributed by atoms with Crippen molar-refractivity contribution in [3.05, 3.63) is 11.9 Å². The molecular weight excluding hydrogens is 210 g/mol. The second-order valence-corrected chi connectivity index (χ2v) is 5.73. The van der Waals surface area contributed by atoms with Gasteiger partial charge in [0.1, 0.15) is 0 Å². The zero-order chi connectivity index (χ0) is 12.4. The average molecular weight is 235 g/mol. The molecule has 1 saturated carbocycles. The maximum absolute atomic E-state index is 4.63. The van der Waals surface area contributed by atoms with Crippen LogP contribution in [0, 0.1) is 12.8 Å². The SMILES string of the molecule is Cc1cn(C2CCCC2)c(NC(C)C(C)C)n1. The van der Waals surface area contributed by atoms with Crippen molar-refractivity contribution in [3.8, 4) is 0 Å². The third-order valence-electron chi connectivity index (χ3n) is 3.93. The molecule has 0 aliphatic heterocycles. The summed E-state index contributed by atoms with van der Waals surface area (Å²) in [6.07, 6.45) is 7.54. The highest BCUT2D eigenvalue weighted by Gasteiger charge is 2.21. The maximum Gasteiger partial charge on any atom is 0.203 e. The molecule has 96 valence electrons. The number of rotatable bonds is 4. The Morgan fingerprint density at radius 3 is 2.53 bits per heavy atom. The maximum atomic E-state index is 4.63. The summed E-state index contributed by atoms with van der Waals surface area (Å²) in [5, 5.41) is 3.56. The summed E-state index contributed by atoms with van der Waals surface area (Å²) < 4.78 is 2.36. The van der Waals surface area contributed by atoms with Crippen molar-refractivity contribution in [2.45, 2.75) is 65.5 Å². The molecular formula is C14H25N3. The van der Waals surface area contributed by atoms with E-state index in [2.05, 4.69) is 48.8 Å². The minimum Gasteiger partial charge on any atom is -0.353 e. The number of hydrogen-bond donors (Lipinski definition) is 1. The van der Waals surface area contributed by atoms with Crippen molar-refractivity contribution in [3.63, 3.8) is 0 Å². The van der Waals surface area contributed by atoms with E-state index in [1.807, 2.05) is 0 Å². The topological polar surface area (TPSA) is 29.9 Å². The summed E-state index contributed by atoms with van der Waals surface area (Å²) in [7, 11) is 0. The Hall–Kier alpha value is -0.990. The molecule has 1 heterocycles. The molecule has 0 spiro atoms. The summed E-state index contributed by atoms with van der Waals surface area (Å²) in [6, 6.07) is 1.13. The van der Waals surface area contributed by atoms with Crippen LogP contribution in [0.1, 0.15) is 58.2 Å². The minimum atomic E-state index is 0.469. The second-order valence-electron chi connectivity index (χ2n) is 5.73. The van der Waals surface area contributed by atoms with Gasteiger partial charge in [-0.25, -0.2) is 4.98 Å². The van der Waals surface area contributed by atoms with E-state index in [1.165, 1.54) is 25.7 Å². The number of imidazole rings is 1. The fourth-order valence-electron chi connectivity index (χ4n) is 2.45. The van der Waals surface area contributed by atoms with Gasteiger partial charge in [0.25, 0.3) is 0 Å². The molecule has 0 radical (unpaired) electrons. The first-order valence-electron chi connectivity index (χ1n) is 6.90. The number of aryl methyl sites for hydroxylation is 1. The number of aromatic nitrogens is 2. The molecule has 0 amide bonds. The van der Waals surface area contributed by atoms with Crippen molar-refractivity contribution in [2.24, 2.45) is 5.92 Å². The van der Waals surface area contributed by atoms with Crippen LogP contribution in [-0.4, -0.2) is 15.6 Å². The predicted molar refractivity (Wildman–Crippen MR) is 72.4 cm³/mol. The lowest BCUT2D eigenvalue weighted by Crippen LogP contribution is -2.24. The van der Waals surface area contributed by atoms with Crippen molar-refractivity contribution >= 4 is 5.95 Å². The Morgan fingerprint density at radius 2 is 1.94 bits per heavy atom. The van der Waals surface area contributed by atoms with Crippen molar-refractivity contribution in [1.82, 2.24) is 9.55 Å². The zero-order valence-electron chi connectivity index (χ0n) is 11.5. The standard InChI is InChI=1S/C14H25N3/c1-10(2)12(4)16-14-15-11(3)9-17(14)13-7-5-6-8-13/h9-10,12-13H,5-8H2,1-4H3,(H,15,16). The van der Waals surface area contributed by atoms with E-state index >= 15 is 0 Å². The molecule has 1 atom stereocenters. The van der Waals surface area contributed by atoms with Gasteiger partial charge >= 0.3 is 0 Å². The van der Waals surface area contributed by atoms with Crippen molar-refractivity contribution in [1.29, 1.82) is 0 Å². The van der Waals surface area contributed by atoms with E-state index in [4.69, 9.17) is 0 Å². The monoisotopic (exact) mass is 235 g/mol. The van der Waals surface area contributed by atoms with Crippen LogP contribution in [0.5, 0.6) is 0 Å². The summed E-state index contributed by atoms with van der Waals surface area (Å²) in [5.74, 6) is 1.69. The van der Waals surface area contributed by atoms with Gasteiger partial charge in [0.2, 0.25) is 5.95 Å². The molecule has 1 aliphatic rings. The molecule has 2 rings (SSSR count). The third-order valence-corrected chi connectivity index (χ3v) is 3.93. The molecule has 1 aromatic rings. The molecule has 0 bridgehead atoms. The Morgan fingerprint density at radius 1 is 1.29 bits per heavy atom. The van der Waals surface area contributed by atoms with Gasteiger partial charge in [-0.2, -0.15) is 0 Å². The third kappa shape index (κ3) is 2.82. The first-order chi connectivity index (χ1) is 8.08. The minimum absolute atomic E-state index is 0.469. The Labute approximate surface area is 105 Å². The Bertz CT molecular complexity index is 362. The van der Waals surface area contributed by atoms with E-state index in [0.717, 1.165) is 11.6 Å². The predicted octanol–water partition coefficient (Wildman–Crippen LogP) is 3.76. The van der Waals surface area contributed by atoms with Crippen molar-refractivity contribution < 1.29 is 0 Å². The van der Waals surface area contributed by atoms with Crippen LogP contribution in [0.4, 0.5) is 5.95 Å².